The monoisotopic (exact) mass is 382 g/mol. The van der Waals surface area contributed by atoms with Gasteiger partial charge in [-0.05, 0) is 31.0 Å². The standard InChI is InChI=1S/C19H22N6O3/c26-17-11-20-19(28)25(17)14-8-4-7-13(9-14)21-18(27)22-16-10-15(23-24-16)12-5-2-1-3-6-12/h4,7-10,12H,1-3,5-6,11H2,(H,20,28)(H3,21,22,23,24,27). The van der Waals surface area contributed by atoms with Crippen molar-refractivity contribution in [2.75, 3.05) is 22.1 Å². The number of rotatable bonds is 4. The molecule has 0 unspecified atom stereocenters. The second-order valence-electron chi connectivity index (χ2n) is 7.06. The first-order valence-corrected chi connectivity index (χ1v) is 9.44. The predicted octanol–water partition coefficient (Wildman–Crippen LogP) is 3.16. The van der Waals surface area contributed by atoms with Gasteiger partial charge in [0.05, 0.1) is 12.2 Å². The number of anilines is 3. The van der Waals surface area contributed by atoms with Crippen LogP contribution in [0.2, 0.25) is 0 Å². The fourth-order valence-corrected chi connectivity index (χ4v) is 3.71. The van der Waals surface area contributed by atoms with Crippen molar-refractivity contribution in [3.05, 3.63) is 36.0 Å². The number of hydrogen-bond acceptors (Lipinski definition) is 4. The molecule has 1 aliphatic carbocycles. The van der Waals surface area contributed by atoms with Crippen LogP contribution in [0, 0.1) is 0 Å². The second kappa shape index (κ2) is 7.71. The summed E-state index contributed by atoms with van der Waals surface area (Å²) < 4.78 is 0. The minimum absolute atomic E-state index is 0.0283. The molecule has 0 atom stereocenters. The lowest BCUT2D eigenvalue weighted by Crippen LogP contribution is -2.30. The average Bonchev–Trinajstić information content (AvgIpc) is 3.29. The summed E-state index contributed by atoms with van der Waals surface area (Å²) >= 11 is 0. The van der Waals surface area contributed by atoms with Crippen LogP contribution in [-0.4, -0.2) is 34.7 Å². The predicted molar refractivity (Wildman–Crippen MR) is 104 cm³/mol. The minimum Gasteiger partial charge on any atom is -0.328 e. The number of nitrogens with one attached hydrogen (secondary N) is 4. The molecule has 4 N–H and O–H groups in total. The third kappa shape index (κ3) is 3.83. The number of amides is 5. The third-order valence-electron chi connectivity index (χ3n) is 5.09. The van der Waals surface area contributed by atoms with Crippen molar-refractivity contribution in [2.45, 2.75) is 38.0 Å². The van der Waals surface area contributed by atoms with Gasteiger partial charge in [-0.1, -0.05) is 25.3 Å². The Bertz CT molecular complexity index is 887. The van der Waals surface area contributed by atoms with Crippen LogP contribution in [0.4, 0.5) is 26.8 Å². The summed E-state index contributed by atoms with van der Waals surface area (Å²) in [5, 5.41) is 15.1. The van der Waals surface area contributed by atoms with Gasteiger partial charge in [0.25, 0.3) is 5.91 Å². The Balaban J connectivity index is 1.39. The van der Waals surface area contributed by atoms with E-state index in [9.17, 15) is 14.4 Å². The van der Waals surface area contributed by atoms with Crippen LogP contribution in [0.1, 0.15) is 43.7 Å². The maximum absolute atomic E-state index is 12.3. The van der Waals surface area contributed by atoms with Crippen molar-refractivity contribution in [1.29, 1.82) is 0 Å². The molecule has 0 spiro atoms. The fraction of sp³-hybridized carbons (Fsp3) is 0.368. The topological polar surface area (TPSA) is 119 Å². The van der Waals surface area contributed by atoms with Crippen LogP contribution in [-0.2, 0) is 4.79 Å². The number of H-pyrrole nitrogens is 1. The van der Waals surface area contributed by atoms with E-state index in [2.05, 4.69) is 26.1 Å². The van der Waals surface area contributed by atoms with E-state index in [1.54, 1.807) is 24.3 Å². The molecule has 1 aromatic heterocycles. The zero-order chi connectivity index (χ0) is 19.5. The number of urea groups is 2. The van der Waals surface area contributed by atoms with Gasteiger partial charge in [-0.25, -0.2) is 14.5 Å². The summed E-state index contributed by atoms with van der Waals surface area (Å²) in [4.78, 5) is 36.9. The van der Waals surface area contributed by atoms with Crippen LogP contribution in [0.15, 0.2) is 30.3 Å². The Labute approximate surface area is 161 Å². The Morgan fingerprint density at radius 2 is 1.93 bits per heavy atom. The van der Waals surface area contributed by atoms with Crippen LogP contribution in [0.3, 0.4) is 0 Å². The van der Waals surface area contributed by atoms with Gasteiger partial charge >= 0.3 is 12.1 Å². The number of carbonyl (C=O) groups is 3. The number of nitrogens with zero attached hydrogens (tertiary/aromatic N) is 2. The highest BCUT2D eigenvalue weighted by atomic mass is 16.2. The molecule has 0 bridgehead atoms. The van der Waals surface area contributed by atoms with E-state index in [0.717, 1.165) is 23.4 Å². The van der Waals surface area contributed by atoms with Crippen molar-refractivity contribution in [1.82, 2.24) is 15.5 Å². The molecule has 1 aliphatic heterocycles. The average molecular weight is 382 g/mol. The lowest BCUT2D eigenvalue weighted by atomic mass is 9.87. The summed E-state index contributed by atoms with van der Waals surface area (Å²) in [7, 11) is 0. The quantitative estimate of drug-likeness (QED) is 0.607. The lowest BCUT2D eigenvalue weighted by Gasteiger charge is -2.19. The van der Waals surface area contributed by atoms with Gasteiger partial charge in [-0.15, -0.1) is 0 Å². The molecule has 9 heteroatoms. The van der Waals surface area contributed by atoms with E-state index in [1.165, 1.54) is 19.3 Å². The molecule has 2 fully saturated rings. The van der Waals surface area contributed by atoms with Crippen LogP contribution in [0.5, 0.6) is 0 Å². The van der Waals surface area contributed by atoms with Gasteiger partial charge < -0.3 is 10.6 Å². The van der Waals surface area contributed by atoms with Crippen molar-refractivity contribution >= 4 is 35.2 Å². The molecule has 5 amide bonds. The van der Waals surface area contributed by atoms with Gasteiger partial charge in [0.2, 0.25) is 0 Å². The molecule has 1 aromatic carbocycles. The van der Waals surface area contributed by atoms with E-state index >= 15 is 0 Å². The molecule has 9 nitrogen and oxygen atoms in total. The zero-order valence-corrected chi connectivity index (χ0v) is 15.3. The molecule has 2 heterocycles. The lowest BCUT2D eigenvalue weighted by molar-refractivity contribution is -0.115. The maximum atomic E-state index is 12.3. The smallest absolute Gasteiger partial charge is 0.328 e. The summed E-state index contributed by atoms with van der Waals surface area (Å²) in [6.45, 7) is -0.0283. The van der Waals surface area contributed by atoms with Crippen molar-refractivity contribution < 1.29 is 14.4 Å². The van der Waals surface area contributed by atoms with Gasteiger partial charge in [0, 0.05) is 23.4 Å². The molecule has 1 saturated carbocycles. The number of carbonyl (C=O) groups excluding carboxylic acids is 3. The summed E-state index contributed by atoms with van der Waals surface area (Å²) in [6.07, 6.45) is 6.01. The number of aromatic nitrogens is 2. The largest absolute Gasteiger partial charge is 0.329 e. The summed E-state index contributed by atoms with van der Waals surface area (Å²) in [5.74, 6) is 0.599. The number of aromatic amines is 1. The number of imide groups is 1. The van der Waals surface area contributed by atoms with E-state index in [1.807, 2.05) is 6.07 Å². The SMILES string of the molecule is O=C(Nc1cccc(N2C(=O)CNC2=O)c1)Nc1cc(C2CCCCC2)[nH]n1. The van der Waals surface area contributed by atoms with Crippen molar-refractivity contribution in [3.8, 4) is 0 Å². The Morgan fingerprint density at radius 1 is 1.11 bits per heavy atom. The first-order valence-electron chi connectivity index (χ1n) is 9.44. The molecule has 146 valence electrons. The van der Waals surface area contributed by atoms with Crippen LogP contribution < -0.4 is 20.9 Å². The minimum atomic E-state index is -0.474. The van der Waals surface area contributed by atoms with Crippen molar-refractivity contribution in [3.63, 3.8) is 0 Å². The highest BCUT2D eigenvalue weighted by Gasteiger charge is 2.30. The molecular weight excluding hydrogens is 360 g/mol. The molecule has 4 rings (SSSR count). The van der Waals surface area contributed by atoms with Gasteiger partial charge in [-0.2, -0.15) is 5.10 Å². The summed E-state index contributed by atoms with van der Waals surface area (Å²) in [5.41, 5.74) is 1.92. The Hall–Kier alpha value is -3.36. The summed E-state index contributed by atoms with van der Waals surface area (Å²) in [6, 6.07) is 7.50. The first-order chi connectivity index (χ1) is 13.6. The van der Waals surface area contributed by atoms with Gasteiger partial charge in [0.15, 0.2) is 5.82 Å². The maximum Gasteiger partial charge on any atom is 0.329 e. The normalized spacial score (nSPS) is 17.5. The highest BCUT2D eigenvalue weighted by molar-refractivity contribution is 6.20. The number of benzene rings is 1. The second-order valence-corrected chi connectivity index (χ2v) is 7.06. The third-order valence-corrected chi connectivity index (χ3v) is 5.09. The fourth-order valence-electron chi connectivity index (χ4n) is 3.71. The van der Waals surface area contributed by atoms with Crippen LogP contribution in [0.25, 0.3) is 0 Å². The molecule has 0 radical (unpaired) electrons. The van der Waals surface area contributed by atoms with E-state index in [0.29, 0.717) is 23.1 Å². The van der Waals surface area contributed by atoms with E-state index in [-0.39, 0.29) is 12.5 Å². The zero-order valence-electron chi connectivity index (χ0n) is 15.3. The molecular formula is C19H22N6O3. The number of hydrogen-bond donors (Lipinski definition) is 4. The first kappa shape index (κ1) is 18.0. The van der Waals surface area contributed by atoms with E-state index in [4.69, 9.17) is 0 Å². The van der Waals surface area contributed by atoms with Gasteiger partial charge in [-0.3, -0.25) is 15.2 Å². The van der Waals surface area contributed by atoms with Gasteiger partial charge in [0.1, 0.15) is 0 Å². The highest BCUT2D eigenvalue weighted by Crippen LogP contribution is 2.32. The van der Waals surface area contributed by atoms with Crippen LogP contribution >= 0.6 is 0 Å². The molecule has 2 aromatic rings. The van der Waals surface area contributed by atoms with E-state index < -0.39 is 12.1 Å². The Kier molecular flexibility index (Phi) is 4.96. The Morgan fingerprint density at radius 3 is 2.68 bits per heavy atom. The molecule has 28 heavy (non-hydrogen) atoms. The van der Waals surface area contributed by atoms with Crippen molar-refractivity contribution in [2.24, 2.45) is 0 Å². The molecule has 1 saturated heterocycles. The molecule has 2 aliphatic rings.